The largest absolute Gasteiger partial charge is 0.416 e. The van der Waals surface area contributed by atoms with Gasteiger partial charge in [0, 0.05) is 26.2 Å². The summed E-state index contributed by atoms with van der Waals surface area (Å²) < 4.78 is 40.6. The summed E-state index contributed by atoms with van der Waals surface area (Å²) in [4.78, 5) is 26.7. The molecular formula is C22H19F3N6OS. The second-order valence-corrected chi connectivity index (χ2v) is 8.61. The standard InChI is InChI=1S/C22H19F3N6OS/c1-14-18(12-28-31(14)16-4-2-3-15(11-16)22(23,24)25)21(32)30-8-6-29(7-9-30)19-17-5-10-33-20(17)27-13-26-19/h2-5,10-13H,6-9H2,1H3. The van der Waals surface area contributed by atoms with Gasteiger partial charge in [-0.2, -0.15) is 18.3 Å². The number of nitrogens with zero attached hydrogens (tertiary/aromatic N) is 6. The van der Waals surface area contributed by atoms with Gasteiger partial charge in [0.2, 0.25) is 0 Å². The fraction of sp³-hybridized carbons (Fsp3) is 0.273. The number of carbonyl (C=O) groups excluding carboxylic acids is 1. The molecule has 4 aromatic rings. The number of benzene rings is 1. The maximum atomic E-state index is 13.2. The molecule has 0 atom stereocenters. The van der Waals surface area contributed by atoms with Crippen LogP contribution in [0.3, 0.4) is 0 Å². The zero-order chi connectivity index (χ0) is 23.2. The first-order chi connectivity index (χ1) is 15.8. The number of carbonyl (C=O) groups is 1. The average molecular weight is 472 g/mol. The van der Waals surface area contributed by atoms with Crippen LogP contribution in [0.15, 0.2) is 48.2 Å². The molecule has 7 nitrogen and oxygen atoms in total. The minimum atomic E-state index is -4.45. The lowest BCUT2D eigenvalue weighted by Crippen LogP contribution is -2.49. The maximum absolute atomic E-state index is 13.2. The molecule has 1 aliphatic rings. The van der Waals surface area contributed by atoms with Crippen LogP contribution in [-0.4, -0.2) is 56.7 Å². The number of rotatable bonds is 3. The SMILES string of the molecule is Cc1c(C(=O)N2CCN(c3ncnc4sccc34)CC2)cnn1-c1cccc(C(F)(F)F)c1. The van der Waals surface area contributed by atoms with E-state index in [4.69, 9.17) is 0 Å². The van der Waals surface area contributed by atoms with Gasteiger partial charge in [0.25, 0.3) is 5.91 Å². The summed E-state index contributed by atoms with van der Waals surface area (Å²) in [5.74, 6) is 0.677. The van der Waals surface area contributed by atoms with Crippen LogP contribution in [0.2, 0.25) is 0 Å². The zero-order valence-corrected chi connectivity index (χ0v) is 18.4. The van der Waals surface area contributed by atoms with Crippen molar-refractivity contribution in [3.8, 4) is 5.69 Å². The van der Waals surface area contributed by atoms with E-state index in [1.165, 1.54) is 23.0 Å². The molecular weight excluding hydrogens is 453 g/mol. The second-order valence-electron chi connectivity index (χ2n) is 7.72. The van der Waals surface area contributed by atoms with Crippen molar-refractivity contribution in [1.82, 2.24) is 24.6 Å². The Bertz CT molecular complexity index is 1320. The van der Waals surface area contributed by atoms with E-state index in [2.05, 4.69) is 20.0 Å². The number of fused-ring (bicyclic) bond motifs is 1. The van der Waals surface area contributed by atoms with Crippen molar-refractivity contribution in [2.24, 2.45) is 0 Å². The van der Waals surface area contributed by atoms with Crippen molar-refractivity contribution < 1.29 is 18.0 Å². The molecule has 0 radical (unpaired) electrons. The number of anilines is 1. The normalized spacial score (nSPS) is 14.8. The molecule has 170 valence electrons. The lowest BCUT2D eigenvalue weighted by molar-refractivity contribution is -0.137. The zero-order valence-electron chi connectivity index (χ0n) is 17.6. The Morgan fingerprint density at radius 2 is 1.88 bits per heavy atom. The number of hydrogen-bond acceptors (Lipinski definition) is 6. The molecule has 0 spiro atoms. The lowest BCUT2D eigenvalue weighted by Gasteiger charge is -2.35. The van der Waals surface area contributed by atoms with E-state index >= 15 is 0 Å². The minimum absolute atomic E-state index is 0.186. The molecule has 33 heavy (non-hydrogen) atoms. The van der Waals surface area contributed by atoms with E-state index < -0.39 is 11.7 Å². The summed E-state index contributed by atoms with van der Waals surface area (Å²) in [6.07, 6.45) is -1.48. The minimum Gasteiger partial charge on any atom is -0.352 e. The molecule has 0 saturated carbocycles. The van der Waals surface area contributed by atoms with Gasteiger partial charge in [0.05, 0.1) is 34.1 Å². The van der Waals surface area contributed by atoms with E-state index in [-0.39, 0.29) is 11.6 Å². The fourth-order valence-electron chi connectivity index (χ4n) is 4.01. The Balaban J connectivity index is 1.32. The number of aromatic nitrogens is 4. The highest BCUT2D eigenvalue weighted by molar-refractivity contribution is 7.16. The summed E-state index contributed by atoms with van der Waals surface area (Å²) in [6, 6.07) is 6.90. The van der Waals surface area contributed by atoms with Gasteiger partial charge in [0.1, 0.15) is 17.0 Å². The van der Waals surface area contributed by atoms with Crippen LogP contribution in [0, 0.1) is 6.92 Å². The van der Waals surface area contributed by atoms with E-state index in [9.17, 15) is 18.0 Å². The van der Waals surface area contributed by atoms with Crippen molar-refractivity contribution in [2.75, 3.05) is 31.1 Å². The number of amides is 1. The number of piperazine rings is 1. The highest BCUT2D eigenvalue weighted by Crippen LogP contribution is 2.31. The fourth-order valence-corrected chi connectivity index (χ4v) is 4.74. The summed E-state index contributed by atoms with van der Waals surface area (Å²) in [6.45, 7) is 3.93. The predicted molar refractivity (Wildman–Crippen MR) is 119 cm³/mol. The Labute approximate surface area is 191 Å². The molecule has 1 aliphatic heterocycles. The van der Waals surface area contributed by atoms with Gasteiger partial charge in [-0.3, -0.25) is 4.79 Å². The number of alkyl halides is 3. The third-order valence-corrected chi connectivity index (χ3v) is 6.59. The molecule has 1 saturated heterocycles. The molecule has 1 aromatic carbocycles. The lowest BCUT2D eigenvalue weighted by atomic mass is 10.1. The molecule has 1 fully saturated rings. The van der Waals surface area contributed by atoms with Gasteiger partial charge in [-0.05, 0) is 36.6 Å². The van der Waals surface area contributed by atoms with E-state index in [0.717, 1.165) is 28.2 Å². The van der Waals surface area contributed by atoms with Crippen LogP contribution in [0.4, 0.5) is 19.0 Å². The van der Waals surface area contributed by atoms with Gasteiger partial charge >= 0.3 is 6.18 Å². The Hall–Kier alpha value is -3.47. The Morgan fingerprint density at radius 1 is 1.09 bits per heavy atom. The first-order valence-corrected chi connectivity index (χ1v) is 11.2. The van der Waals surface area contributed by atoms with E-state index in [1.54, 1.807) is 29.5 Å². The molecule has 0 aliphatic carbocycles. The second kappa shape index (κ2) is 8.14. The van der Waals surface area contributed by atoms with Gasteiger partial charge in [-0.25, -0.2) is 14.6 Å². The number of hydrogen-bond donors (Lipinski definition) is 0. The van der Waals surface area contributed by atoms with Crippen molar-refractivity contribution in [2.45, 2.75) is 13.1 Å². The number of thiophene rings is 1. The Kier molecular flexibility index (Phi) is 5.28. The van der Waals surface area contributed by atoms with Crippen LogP contribution in [-0.2, 0) is 6.18 Å². The molecule has 1 amide bonds. The maximum Gasteiger partial charge on any atom is 0.416 e. The third kappa shape index (κ3) is 3.92. The van der Waals surface area contributed by atoms with Gasteiger partial charge in [0.15, 0.2) is 0 Å². The predicted octanol–water partition coefficient (Wildman–Crippen LogP) is 4.17. The first-order valence-electron chi connectivity index (χ1n) is 10.3. The van der Waals surface area contributed by atoms with Crippen LogP contribution in [0.25, 0.3) is 15.9 Å². The molecule has 5 rings (SSSR count). The summed E-state index contributed by atoms with van der Waals surface area (Å²) in [5.41, 5.74) is 0.374. The molecule has 4 heterocycles. The highest BCUT2D eigenvalue weighted by Gasteiger charge is 2.31. The van der Waals surface area contributed by atoms with Crippen LogP contribution in [0.5, 0.6) is 0 Å². The molecule has 11 heteroatoms. The third-order valence-electron chi connectivity index (χ3n) is 5.77. The summed E-state index contributed by atoms with van der Waals surface area (Å²) >= 11 is 1.56. The average Bonchev–Trinajstić information content (AvgIpc) is 3.45. The van der Waals surface area contributed by atoms with Gasteiger partial charge < -0.3 is 9.80 Å². The Morgan fingerprint density at radius 3 is 2.64 bits per heavy atom. The molecule has 0 N–H and O–H groups in total. The smallest absolute Gasteiger partial charge is 0.352 e. The monoisotopic (exact) mass is 472 g/mol. The topological polar surface area (TPSA) is 67.2 Å². The van der Waals surface area contributed by atoms with E-state index in [0.29, 0.717) is 37.4 Å². The van der Waals surface area contributed by atoms with Crippen molar-refractivity contribution in [3.63, 3.8) is 0 Å². The summed E-state index contributed by atoms with van der Waals surface area (Å²) in [7, 11) is 0. The van der Waals surface area contributed by atoms with Crippen molar-refractivity contribution >= 4 is 33.3 Å². The van der Waals surface area contributed by atoms with Gasteiger partial charge in [-0.15, -0.1) is 11.3 Å². The highest BCUT2D eigenvalue weighted by atomic mass is 32.1. The summed E-state index contributed by atoms with van der Waals surface area (Å²) in [5, 5.41) is 7.17. The molecule has 0 bridgehead atoms. The first kappa shape index (κ1) is 21.4. The van der Waals surface area contributed by atoms with Crippen molar-refractivity contribution in [3.05, 3.63) is 65.1 Å². The number of halogens is 3. The van der Waals surface area contributed by atoms with E-state index in [1.807, 2.05) is 11.4 Å². The quantitative estimate of drug-likeness (QED) is 0.448. The van der Waals surface area contributed by atoms with Gasteiger partial charge in [-0.1, -0.05) is 6.07 Å². The van der Waals surface area contributed by atoms with Crippen LogP contribution >= 0.6 is 11.3 Å². The van der Waals surface area contributed by atoms with Crippen LogP contribution in [0.1, 0.15) is 21.6 Å². The van der Waals surface area contributed by atoms with Crippen LogP contribution < -0.4 is 4.90 Å². The van der Waals surface area contributed by atoms with Crippen molar-refractivity contribution in [1.29, 1.82) is 0 Å². The molecule has 0 unspecified atom stereocenters. The molecule has 3 aromatic heterocycles.